The SMILES string of the molecule is CCCn1ncc(Br)c1C(=O)Cc1ccc(F)cc1. The molecule has 1 aromatic heterocycles. The smallest absolute Gasteiger partial charge is 0.186 e. The monoisotopic (exact) mass is 324 g/mol. The topological polar surface area (TPSA) is 34.9 Å². The van der Waals surface area contributed by atoms with E-state index in [0.717, 1.165) is 12.0 Å². The molecule has 0 saturated carbocycles. The van der Waals surface area contributed by atoms with Crippen LogP contribution in [0.4, 0.5) is 4.39 Å². The van der Waals surface area contributed by atoms with Gasteiger partial charge in [-0.2, -0.15) is 5.10 Å². The second-order valence-corrected chi connectivity index (χ2v) is 5.15. The molecule has 100 valence electrons. The highest BCUT2D eigenvalue weighted by molar-refractivity contribution is 9.10. The summed E-state index contributed by atoms with van der Waals surface area (Å²) in [4.78, 5) is 12.3. The molecule has 1 heterocycles. The van der Waals surface area contributed by atoms with Crippen LogP contribution in [0.15, 0.2) is 34.9 Å². The van der Waals surface area contributed by atoms with Gasteiger partial charge in [0.15, 0.2) is 5.78 Å². The summed E-state index contributed by atoms with van der Waals surface area (Å²) in [6, 6.07) is 5.98. The van der Waals surface area contributed by atoms with Crippen molar-refractivity contribution in [2.75, 3.05) is 0 Å². The van der Waals surface area contributed by atoms with E-state index in [1.807, 2.05) is 6.92 Å². The predicted molar refractivity (Wildman–Crippen MR) is 74.7 cm³/mol. The van der Waals surface area contributed by atoms with Crippen molar-refractivity contribution in [3.8, 4) is 0 Å². The van der Waals surface area contributed by atoms with Crippen LogP contribution in [0.25, 0.3) is 0 Å². The molecule has 5 heteroatoms. The highest BCUT2D eigenvalue weighted by Crippen LogP contribution is 2.19. The van der Waals surface area contributed by atoms with Gasteiger partial charge in [-0.1, -0.05) is 19.1 Å². The Hall–Kier alpha value is -1.49. The Kier molecular flexibility index (Phi) is 4.47. The van der Waals surface area contributed by atoms with Crippen LogP contribution in [0.5, 0.6) is 0 Å². The first kappa shape index (κ1) is 13.9. The zero-order chi connectivity index (χ0) is 13.8. The molecule has 0 aliphatic carbocycles. The van der Waals surface area contributed by atoms with E-state index in [-0.39, 0.29) is 18.0 Å². The Balaban J connectivity index is 2.20. The Labute approximate surface area is 119 Å². The van der Waals surface area contributed by atoms with Crippen LogP contribution in [-0.2, 0) is 13.0 Å². The third kappa shape index (κ3) is 3.29. The molecule has 0 aliphatic heterocycles. The number of hydrogen-bond donors (Lipinski definition) is 0. The maximum atomic E-state index is 12.8. The van der Waals surface area contributed by atoms with E-state index in [1.54, 1.807) is 23.0 Å². The second kappa shape index (κ2) is 6.10. The van der Waals surface area contributed by atoms with Crippen LogP contribution < -0.4 is 0 Å². The summed E-state index contributed by atoms with van der Waals surface area (Å²) in [7, 11) is 0. The van der Waals surface area contributed by atoms with Crippen molar-refractivity contribution in [3.63, 3.8) is 0 Å². The van der Waals surface area contributed by atoms with Crippen molar-refractivity contribution >= 4 is 21.7 Å². The van der Waals surface area contributed by atoms with Gasteiger partial charge in [0.25, 0.3) is 0 Å². The number of rotatable bonds is 5. The number of halogens is 2. The lowest BCUT2D eigenvalue weighted by Crippen LogP contribution is -2.13. The first-order valence-corrected chi connectivity index (χ1v) is 6.90. The van der Waals surface area contributed by atoms with Gasteiger partial charge in [-0.15, -0.1) is 0 Å². The zero-order valence-corrected chi connectivity index (χ0v) is 12.2. The van der Waals surface area contributed by atoms with Gasteiger partial charge >= 0.3 is 0 Å². The Morgan fingerprint density at radius 1 is 1.37 bits per heavy atom. The summed E-state index contributed by atoms with van der Waals surface area (Å²) < 4.78 is 15.2. The molecule has 0 fully saturated rings. The molecule has 2 rings (SSSR count). The molecule has 19 heavy (non-hydrogen) atoms. The zero-order valence-electron chi connectivity index (χ0n) is 10.6. The van der Waals surface area contributed by atoms with Crippen LogP contribution in [0.3, 0.4) is 0 Å². The largest absolute Gasteiger partial charge is 0.292 e. The van der Waals surface area contributed by atoms with Crippen molar-refractivity contribution in [2.24, 2.45) is 0 Å². The third-order valence-corrected chi connectivity index (χ3v) is 3.35. The maximum absolute atomic E-state index is 12.8. The molecular weight excluding hydrogens is 311 g/mol. The Morgan fingerprint density at radius 2 is 2.05 bits per heavy atom. The molecule has 0 unspecified atom stereocenters. The third-order valence-electron chi connectivity index (χ3n) is 2.77. The summed E-state index contributed by atoms with van der Waals surface area (Å²) in [6.07, 6.45) is 2.78. The molecule has 0 amide bonds. The van der Waals surface area contributed by atoms with Gasteiger partial charge in [-0.3, -0.25) is 9.48 Å². The van der Waals surface area contributed by atoms with Gasteiger partial charge < -0.3 is 0 Å². The molecule has 0 N–H and O–H groups in total. The molecule has 0 radical (unpaired) electrons. The normalized spacial score (nSPS) is 10.7. The van der Waals surface area contributed by atoms with Crippen LogP contribution in [0.1, 0.15) is 29.4 Å². The number of carbonyl (C=O) groups excluding carboxylic acids is 1. The van der Waals surface area contributed by atoms with E-state index in [4.69, 9.17) is 0 Å². The molecule has 0 bridgehead atoms. The second-order valence-electron chi connectivity index (χ2n) is 4.29. The summed E-state index contributed by atoms with van der Waals surface area (Å²) in [6.45, 7) is 2.74. The molecule has 0 atom stereocenters. The van der Waals surface area contributed by atoms with Gasteiger partial charge in [0, 0.05) is 13.0 Å². The lowest BCUT2D eigenvalue weighted by Gasteiger charge is -2.06. The average Bonchev–Trinajstić information content (AvgIpc) is 2.74. The number of hydrogen-bond acceptors (Lipinski definition) is 2. The van der Waals surface area contributed by atoms with Crippen LogP contribution in [0.2, 0.25) is 0 Å². The van der Waals surface area contributed by atoms with Gasteiger partial charge in [0.05, 0.1) is 10.7 Å². The first-order chi connectivity index (χ1) is 9.11. The molecule has 3 nitrogen and oxygen atoms in total. The number of benzene rings is 1. The number of Topliss-reactive ketones (excluding diaryl/α,β-unsaturated/α-hetero) is 1. The first-order valence-electron chi connectivity index (χ1n) is 6.10. The summed E-state index contributed by atoms with van der Waals surface area (Å²) >= 11 is 3.35. The standard InChI is InChI=1S/C14H14BrFN2O/c1-2-7-18-14(12(15)9-17-18)13(19)8-10-3-5-11(16)6-4-10/h3-6,9H,2,7-8H2,1H3. The van der Waals surface area contributed by atoms with Gasteiger partial charge in [-0.05, 0) is 40.0 Å². The average molecular weight is 325 g/mol. The molecule has 0 saturated heterocycles. The number of aromatic nitrogens is 2. The van der Waals surface area contributed by atoms with Gasteiger partial charge in [0.2, 0.25) is 0 Å². The fourth-order valence-electron chi connectivity index (χ4n) is 1.89. The molecule has 2 aromatic rings. The lowest BCUT2D eigenvalue weighted by atomic mass is 10.1. The van der Waals surface area contributed by atoms with Gasteiger partial charge in [-0.25, -0.2) is 4.39 Å². The van der Waals surface area contributed by atoms with Gasteiger partial charge in [0.1, 0.15) is 11.5 Å². The molecule has 1 aromatic carbocycles. The van der Waals surface area contributed by atoms with E-state index in [2.05, 4.69) is 21.0 Å². The fraction of sp³-hybridized carbons (Fsp3) is 0.286. The number of carbonyl (C=O) groups is 1. The summed E-state index contributed by atoms with van der Waals surface area (Å²) in [5.74, 6) is -0.321. The highest BCUT2D eigenvalue weighted by atomic mass is 79.9. The van der Waals surface area contributed by atoms with E-state index in [1.165, 1.54) is 12.1 Å². The minimum atomic E-state index is -0.298. The molecule has 0 aliphatic rings. The maximum Gasteiger partial charge on any atom is 0.186 e. The van der Waals surface area contributed by atoms with Crippen molar-refractivity contribution in [3.05, 3.63) is 52.0 Å². The molecule has 0 spiro atoms. The van der Waals surface area contributed by atoms with Crippen molar-refractivity contribution < 1.29 is 9.18 Å². The van der Waals surface area contributed by atoms with E-state index < -0.39 is 0 Å². The number of aryl methyl sites for hydroxylation is 1. The predicted octanol–water partition coefficient (Wildman–Crippen LogP) is 3.62. The summed E-state index contributed by atoms with van der Waals surface area (Å²) in [5, 5.41) is 4.17. The Morgan fingerprint density at radius 3 is 2.68 bits per heavy atom. The van der Waals surface area contributed by atoms with Crippen molar-refractivity contribution in [1.82, 2.24) is 9.78 Å². The minimum absolute atomic E-state index is 0.0237. The highest BCUT2D eigenvalue weighted by Gasteiger charge is 2.17. The Bertz CT molecular complexity index is 578. The lowest BCUT2D eigenvalue weighted by molar-refractivity contribution is 0.0981. The fourth-order valence-corrected chi connectivity index (χ4v) is 2.41. The van der Waals surface area contributed by atoms with E-state index in [9.17, 15) is 9.18 Å². The van der Waals surface area contributed by atoms with E-state index in [0.29, 0.717) is 16.7 Å². The quantitative estimate of drug-likeness (QED) is 0.787. The number of ketones is 1. The molecular formula is C14H14BrFN2O. The van der Waals surface area contributed by atoms with Crippen molar-refractivity contribution in [2.45, 2.75) is 26.3 Å². The summed E-state index contributed by atoms with van der Waals surface area (Å²) in [5.41, 5.74) is 1.37. The van der Waals surface area contributed by atoms with Crippen LogP contribution >= 0.6 is 15.9 Å². The van der Waals surface area contributed by atoms with Crippen molar-refractivity contribution in [1.29, 1.82) is 0 Å². The van der Waals surface area contributed by atoms with Crippen LogP contribution in [0, 0.1) is 5.82 Å². The van der Waals surface area contributed by atoms with E-state index >= 15 is 0 Å². The number of nitrogens with zero attached hydrogens (tertiary/aromatic N) is 2. The van der Waals surface area contributed by atoms with Crippen LogP contribution in [-0.4, -0.2) is 15.6 Å². The minimum Gasteiger partial charge on any atom is -0.292 e.